The van der Waals surface area contributed by atoms with Crippen LogP contribution in [0.1, 0.15) is 66.2 Å². The van der Waals surface area contributed by atoms with Gasteiger partial charge < -0.3 is 15.1 Å². The molecule has 0 saturated carbocycles. The van der Waals surface area contributed by atoms with E-state index in [1.807, 2.05) is 92.8 Å². The first-order valence-corrected chi connectivity index (χ1v) is 13.7. The number of piperidine rings is 1. The third-order valence-electron chi connectivity index (χ3n) is 8.25. The van der Waals surface area contributed by atoms with Gasteiger partial charge in [0, 0.05) is 54.8 Å². The van der Waals surface area contributed by atoms with Gasteiger partial charge in [0.15, 0.2) is 0 Å². The number of fused-ring (bicyclic) bond motifs is 1. The van der Waals surface area contributed by atoms with Gasteiger partial charge in [0.2, 0.25) is 5.91 Å². The number of carbonyl (C=O) groups excluding carboxylic acids is 2. The van der Waals surface area contributed by atoms with Crippen molar-refractivity contribution in [2.45, 2.75) is 57.0 Å². The Labute approximate surface area is 230 Å². The average molecular weight is 531 g/mol. The summed E-state index contributed by atoms with van der Waals surface area (Å²) in [6.07, 6.45) is 7.17. The highest BCUT2D eigenvalue weighted by molar-refractivity contribution is 6.31. The maximum Gasteiger partial charge on any atom is 0.253 e. The zero-order chi connectivity index (χ0) is 26.9. The number of nitrogens with zero attached hydrogens (tertiary/aromatic N) is 3. The number of hydrogen-bond acceptors (Lipinski definition) is 4. The molecular formula is C31H35ClN4O2. The van der Waals surface area contributed by atoms with E-state index in [4.69, 9.17) is 11.6 Å². The van der Waals surface area contributed by atoms with Crippen LogP contribution in [0.3, 0.4) is 0 Å². The summed E-state index contributed by atoms with van der Waals surface area (Å²) in [5, 5.41) is 3.83. The largest absolute Gasteiger partial charge is 0.371 e. The van der Waals surface area contributed by atoms with Crippen molar-refractivity contribution in [2.75, 3.05) is 25.0 Å². The molecule has 0 radical (unpaired) electrons. The van der Waals surface area contributed by atoms with Crippen molar-refractivity contribution in [1.82, 2.24) is 15.2 Å². The summed E-state index contributed by atoms with van der Waals surface area (Å²) in [6, 6.07) is 17.7. The van der Waals surface area contributed by atoms with Gasteiger partial charge in [-0.2, -0.15) is 0 Å². The molecule has 1 N–H and O–H groups in total. The van der Waals surface area contributed by atoms with E-state index in [1.165, 1.54) is 5.69 Å². The summed E-state index contributed by atoms with van der Waals surface area (Å²) in [6.45, 7) is 5.64. The number of rotatable bonds is 6. The van der Waals surface area contributed by atoms with Crippen LogP contribution < -0.4 is 10.2 Å². The second-order valence-corrected chi connectivity index (χ2v) is 11.3. The molecule has 2 aromatic carbocycles. The SMILES string of the molecule is CN(C(=O)c1ccc2c(c1)CCC2NC(=O)C(C)(C)c1ccccc1Cl)C1CCN(c2ccncc2)CC1. The van der Waals surface area contributed by atoms with Crippen molar-refractivity contribution in [1.29, 1.82) is 0 Å². The number of halogens is 1. The highest BCUT2D eigenvalue weighted by atomic mass is 35.5. The van der Waals surface area contributed by atoms with Crippen LogP contribution in [0.25, 0.3) is 0 Å². The molecule has 1 saturated heterocycles. The lowest BCUT2D eigenvalue weighted by Crippen LogP contribution is -2.45. The Morgan fingerprint density at radius 2 is 1.74 bits per heavy atom. The smallest absolute Gasteiger partial charge is 0.253 e. The quantitative estimate of drug-likeness (QED) is 0.453. The Balaban J connectivity index is 1.22. The van der Waals surface area contributed by atoms with Crippen LogP contribution in [0, 0.1) is 0 Å². The Hall–Kier alpha value is -3.38. The molecule has 1 aliphatic heterocycles. The number of pyridine rings is 1. The molecule has 2 heterocycles. The van der Waals surface area contributed by atoms with Gasteiger partial charge in [0.25, 0.3) is 5.91 Å². The van der Waals surface area contributed by atoms with E-state index in [-0.39, 0.29) is 23.9 Å². The van der Waals surface area contributed by atoms with Gasteiger partial charge in [0.1, 0.15) is 0 Å². The lowest BCUT2D eigenvalue weighted by Gasteiger charge is -2.38. The molecule has 1 unspecified atom stereocenters. The number of amides is 2. The number of nitrogens with one attached hydrogen (secondary N) is 1. The molecule has 1 aliphatic carbocycles. The van der Waals surface area contributed by atoms with Crippen molar-refractivity contribution in [3.05, 3.63) is 94.3 Å². The molecule has 0 spiro atoms. The molecule has 38 heavy (non-hydrogen) atoms. The lowest BCUT2D eigenvalue weighted by atomic mass is 9.83. The second kappa shape index (κ2) is 10.8. The Kier molecular flexibility index (Phi) is 7.44. The number of carbonyl (C=O) groups is 2. The normalized spacial score (nSPS) is 17.7. The van der Waals surface area contributed by atoms with Crippen molar-refractivity contribution in [3.8, 4) is 0 Å². The summed E-state index contributed by atoms with van der Waals surface area (Å²) in [5.74, 6) is 0.00365. The Morgan fingerprint density at radius 1 is 1.03 bits per heavy atom. The van der Waals surface area contributed by atoms with Crippen LogP contribution in [0.2, 0.25) is 5.02 Å². The third kappa shape index (κ3) is 5.14. The van der Waals surface area contributed by atoms with Crippen LogP contribution in [0.4, 0.5) is 5.69 Å². The highest BCUT2D eigenvalue weighted by Crippen LogP contribution is 2.35. The molecule has 2 amide bonds. The molecule has 0 bridgehead atoms. The monoisotopic (exact) mass is 530 g/mol. The molecule has 5 rings (SSSR count). The van der Waals surface area contributed by atoms with Crippen molar-refractivity contribution in [3.63, 3.8) is 0 Å². The lowest BCUT2D eigenvalue weighted by molar-refractivity contribution is -0.126. The molecule has 1 aromatic heterocycles. The van der Waals surface area contributed by atoms with Crippen molar-refractivity contribution < 1.29 is 9.59 Å². The van der Waals surface area contributed by atoms with Gasteiger partial charge in [-0.1, -0.05) is 35.9 Å². The minimum absolute atomic E-state index is 0.0542. The summed E-state index contributed by atoms with van der Waals surface area (Å²) in [7, 11) is 1.92. The molecule has 198 valence electrons. The predicted molar refractivity (Wildman–Crippen MR) is 152 cm³/mol. The number of benzene rings is 2. The number of aromatic nitrogens is 1. The highest BCUT2D eigenvalue weighted by Gasteiger charge is 2.35. The molecule has 1 atom stereocenters. The van der Waals surface area contributed by atoms with Crippen molar-refractivity contribution >= 4 is 29.1 Å². The third-order valence-corrected chi connectivity index (χ3v) is 8.58. The zero-order valence-corrected chi connectivity index (χ0v) is 23.0. The fraction of sp³-hybridized carbons (Fsp3) is 0.387. The average Bonchev–Trinajstić information content (AvgIpc) is 3.34. The summed E-state index contributed by atoms with van der Waals surface area (Å²) < 4.78 is 0. The van der Waals surface area contributed by atoms with E-state index in [0.717, 1.165) is 55.5 Å². The molecule has 1 fully saturated rings. The van der Waals surface area contributed by atoms with E-state index < -0.39 is 5.41 Å². The van der Waals surface area contributed by atoms with E-state index in [1.54, 1.807) is 0 Å². The van der Waals surface area contributed by atoms with Crippen LogP contribution in [-0.2, 0) is 16.6 Å². The molecule has 2 aliphatic rings. The van der Waals surface area contributed by atoms with Gasteiger partial charge >= 0.3 is 0 Å². The summed E-state index contributed by atoms with van der Waals surface area (Å²) >= 11 is 6.39. The van der Waals surface area contributed by atoms with Crippen molar-refractivity contribution in [2.24, 2.45) is 0 Å². The first-order valence-electron chi connectivity index (χ1n) is 13.4. The first kappa shape index (κ1) is 26.2. The van der Waals surface area contributed by atoms with E-state index >= 15 is 0 Å². The maximum absolute atomic E-state index is 13.4. The summed E-state index contributed by atoms with van der Waals surface area (Å²) in [4.78, 5) is 35.1. The molecular weight excluding hydrogens is 496 g/mol. The van der Waals surface area contributed by atoms with E-state index in [0.29, 0.717) is 10.6 Å². The second-order valence-electron chi connectivity index (χ2n) is 10.9. The van der Waals surface area contributed by atoms with Crippen LogP contribution >= 0.6 is 11.6 Å². The first-order chi connectivity index (χ1) is 18.3. The zero-order valence-electron chi connectivity index (χ0n) is 22.3. The molecule has 6 nitrogen and oxygen atoms in total. The standard InChI is InChI=1S/C31H35ClN4O2/c1-31(2,26-6-4-5-7-27(26)32)30(38)34-28-11-9-21-20-22(8-10-25(21)28)29(37)35(3)23-14-18-36(19-15-23)24-12-16-33-17-13-24/h4-8,10,12-13,16-17,20,23,28H,9,11,14-15,18-19H2,1-3H3,(H,34,38). The van der Waals surface area contributed by atoms with Gasteiger partial charge in [-0.05, 0) is 86.6 Å². The van der Waals surface area contributed by atoms with Gasteiger partial charge in [-0.25, -0.2) is 0 Å². The van der Waals surface area contributed by atoms with Gasteiger partial charge in [-0.15, -0.1) is 0 Å². The van der Waals surface area contributed by atoms with Gasteiger partial charge in [0.05, 0.1) is 11.5 Å². The summed E-state index contributed by atoms with van der Waals surface area (Å²) in [5.41, 5.74) is 4.19. The predicted octanol–water partition coefficient (Wildman–Crippen LogP) is 5.56. The topological polar surface area (TPSA) is 65.5 Å². The van der Waals surface area contributed by atoms with Gasteiger partial charge in [-0.3, -0.25) is 14.6 Å². The number of aryl methyl sites for hydroxylation is 1. The number of anilines is 1. The molecule has 3 aromatic rings. The fourth-order valence-corrected chi connectivity index (χ4v) is 6.14. The fourth-order valence-electron chi connectivity index (χ4n) is 5.77. The Bertz CT molecular complexity index is 1320. The van der Waals surface area contributed by atoms with E-state index in [9.17, 15) is 9.59 Å². The van der Waals surface area contributed by atoms with Crippen LogP contribution in [0.5, 0.6) is 0 Å². The Morgan fingerprint density at radius 3 is 2.45 bits per heavy atom. The minimum Gasteiger partial charge on any atom is -0.371 e. The van der Waals surface area contributed by atoms with Crippen LogP contribution in [0.15, 0.2) is 67.0 Å². The van der Waals surface area contributed by atoms with Crippen LogP contribution in [-0.4, -0.2) is 47.9 Å². The molecule has 7 heteroatoms. The number of hydrogen-bond donors (Lipinski definition) is 1. The van der Waals surface area contributed by atoms with E-state index in [2.05, 4.69) is 15.2 Å². The minimum atomic E-state index is -0.757. The maximum atomic E-state index is 13.4.